The highest BCUT2D eigenvalue weighted by Gasteiger charge is 1.99. The molecule has 0 aliphatic heterocycles. The van der Waals surface area contributed by atoms with Crippen LogP contribution >= 0.6 is 0 Å². The lowest BCUT2D eigenvalue weighted by Crippen LogP contribution is -2.04. The minimum Gasteiger partial charge on any atom is -0.350 e. The van der Waals surface area contributed by atoms with Gasteiger partial charge >= 0.3 is 0 Å². The quantitative estimate of drug-likeness (QED) is 0.855. The zero-order valence-electron chi connectivity index (χ0n) is 8.81. The molecule has 16 heavy (non-hydrogen) atoms. The number of pyridine rings is 1. The van der Waals surface area contributed by atoms with Crippen molar-refractivity contribution in [3.63, 3.8) is 0 Å². The van der Waals surface area contributed by atoms with Crippen LogP contribution in [0.4, 0.5) is 10.3 Å². The Morgan fingerprint density at radius 3 is 2.69 bits per heavy atom. The van der Waals surface area contributed by atoms with Gasteiger partial charge in [-0.2, -0.15) is 0 Å². The molecule has 0 saturated carbocycles. The molecule has 4 nitrogen and oxygen atoms in total. The molecule has 0 amide bonds. The lowest BCUT2D eigenvalue weighted by Gasteiger charge is -2.06. The number of hydrogen-bond acceptors (Lipinski definition) is 4. The summed E-state index contributed by atoms with van der Waals surface area (Å²) in [7, 11) is 0. The molecule has 2 heterocycles. The molecule has 0 bridgehead atoms. The van der Waals surface area contributed by atoms with Crippen LogP contribution in [-0.2, 0) is 6.54 Å². The van der Waals surface area contributed by atoms with E-state index in [4.69, 9.17) is 0 Å². The lowest BCUT2D eigenvalue weighted by atomic mass is 10.1. The monoisotopic (exact) mass is 218 g/mol. The van der Waals surface area contributed by atoms with Gasteiger partial charge in [0.1, 0.15) is 0 Å². The minimum absolute atomic E-state index is 0.414. The maximum Gasteiger partial charge on any atom is 0.223 e. The van der Waals surface area contributed by atoms with Crippen LogP contribution in [0.5, 0.6) is 0 Å². The van der Waals surface area contributed by atoms with Gasteiger partial charge in [-0.1, -0.05) is 0 Å². The fraction of sp³-hybridized carbons (Fsp3) is 0.182. The normalized spacial score (nSPS) is 10.1. The van der Waals surface area contributed by atoms with E-state index in [9.17, 15) is 4.39 Å². The second kappa shape index (κ2) is 4.65. The molecule has 2 aromatic rings. The van der Waals surface area contributed by atoms with Gasteiger partial charge in [-0.05, 0) is 24.1 Å². The SMILES string of the molecule is Cc1cnccc1CNc1ncc(F)cn1. The zero-order chi connectivity index (χ0) is 11.4. The van der Waals surface area contributed by atoms with Gasteiger partial charge in [0.05, 0.1) is 12.4 Å². The summed E-state index contributed by atoms with van der Waals surface area (Å²) < 4.78 is 12.6. The molecule has 0 spiro atoms. The number of halogens is 1. The zero-order valence-corrected chi connectivity index (χ0v) is 8.81. The maximum atomic E-state index is 12.6. The van der Waals surface area contributed by atoms with Crippen molar-refractivity contribution < 1.29 is 4.39 Å². The van der Waals surface area contributed by atoms with Crippen molar-refractivity contribution in [2.75, 3.05) is 5.32 Å². The van der Waals surface area contributed by atoms with Gasteiger partial charge in [-0.3, -0.25) is 4.98 Å². The van der Waals surface area contributed by atoms with Crippen LogP contribution in [0.15, 0.2) is 30.9 Å². The summed E-state index contributed by atoms with van der Waals surface area (Å²) in [5.74, 6) is -0.0248. The highest BCUT2D eigenvalue weighted by Crippen LogP contribution is 2.07. The third-order valence-corrected chi connectivity index (χ3v) is 2.19. The molecule has 1 N–H and O–H groups in total. The van der Waals surface area contributed by atoms with Crippen molar-refractivity contribution in [1.29, 1.82) is 0 Å². The molecule has 2 rings (SSSR count). The summed E-state index contributed by atoms with van der Waals surface area (Å²) >= 11 is 0. The van der Waals surface area contributed by atoms with E-state index in [0.717, 1.165) is 23.5 Å². The number of aryl methyl sites for hydroxylation is 1. The smallest absolute Gasteiger partial charge is 0.223 e. The fourth-order valence-corrected chi connectivity index (χ4v) is 1.28. The molecule has 0 atom stereocenters. The van der Waals surface area contributed by atoms with Crippen molar-refractivity contribution >= 4 is 5.95 Å². The summed E-state index contributed by atoms with van der Waals surface area (Å²) in [5.41, 5.74) is 2.21. The number of hydrogen-bond donors (Lipinski definition) is 1. The molecular formula is C11H11FN4. The van der Waals surface area contributed by atoms with Crippen LogP contribution < -0.4 is 5.32 Å². The first-order valence-electron chi connectivity index (χ1n) is 4.86. The van der Waals surface area contributed by atoms with Crippen LogP contribution in [0.2, 0.25) is 0 Å². The van der Waals surface area contributed by atoms with E-state index in [-0.39, 0.29) is 0 Å². The Kier molecular flexibility index (Phi) is 3.05. The summed E-state index contributed by atoms with van der Waals surface area (Å²) in [4.78, 5) is 11.6. The predicted molar refractivity (Wildman–Crippen MR) is 58.3 cm³/mol. The Morgan fingerprint density at radius 1 is 1.25 bits per heavy atom. The van der Waals surface area contributed by atoms with E-state index >= 15 is 0 Å². The Hall–Kier alpha value is -2.04. The largest absolute Gasteiger partial charge is 0.350 e. The van der Waals surface area contributed by atoms with E-state index in [1.165, 1.54) is 0 Å². The van der Waals surface area contributed by atoms with E-state index in [0.29, 0.717) is 12.5 Å². The number of anilines is 1. The topological polar surface area (TPSA) is 50.7 Å². The van der Waals surface area contributed by atoms with Gasteiger partial charge in [-0.15, -0.1) is 0 Å². The van der Waals surface area contributed by atoms with Gasteiger partial charge in [0.15, 0.2) is 5.82 Å². The molecule has 0 aromatic carbocycles. The van der Waals surface area contributed by atoms with E-state index in [1.54, 1.807) is 12.4 Å². The van der Waals surface area contributed by atoms with E-state index in [1.807, 2.05) is 13.0 Å². The predicted octanol–water partition coefficient (Wildman–Crippen LogP) is 1.93. The Morgan fingerprint density at radius 2 is 2.00 bits per heavy atom. The first-order valence-corrected chi connectivity index (χ1v) is 4.86. The summed E-state index contributed by atoms with van der Waals surface area (Å²) in [5, 5.41) is 3.01. The molecule has 0 aliphatic carbocycles. The summed E-state index contributed by atoms with van der Waals surface area (Å²) in [6.07, 6.45) is 5.79. The standard InChI is InChI=1S/C11H11FN4/c1-8-4-13-3-2-9(8)5-14-11-15-6-10(12)7-16-11/h2-4,6-7H,5H2,1H3,(H,14,15,16). The Labute approximate surface area is 92.6 Å². The molecule has 0 radical (unpaired) electrons. The van der Waals surface area contributed by atoms with Crippen molar-refractivity contribution in [3.8, 4) is 0 Å². The molecular weight excluding hydrogens is 207 g/mol. The fourth-order valence-electron chi connectivity index (χ4n) is 1.28. The average Bonchev–Trinajstić information content (AvgIpc) is 2.30. The molecule has 82 valence electrons. The number of nitrogens with zero attached hydrogens (tertiary/aromatic N) is 3. The van der Waals surface area contributed by atoms with Crippen molar-refractivity contribution in [1.82, 2.24) is 15.0 Å². The van der Waals surface area contributed by atoms with Crippen molar-refractivity contribution in [3.05, 3.63) is 47.8 Å². The second-order valence-electron chi connectivity index (χ2n) is 3.38. The van der Waals surface area contributed by atoms with Crippen LogP contribution in [0.25, 0.3) is 0 Å². The van der Waals surface area contributed by atoms with Crippen molar-refractivity contribution in [2.24, 2.45) is 0 Å². The van der Waals surface area contributed by atoms with Crippen LogP contribution in [0.1, 0.15) is 11.1 Å². The molecule has 0 saturated heterocycles. The number of nitrogens with one attached hydrogen (secondary N) is 1. The Bertz CT molecular complexity index is 470. The Balaban J connectivity index is 2.02. The summed E-state index contributed by atoms with van der Waals surface area (Å²) in [6.45, 7) is 2.58. The third-order valence-electron chi connectivity index (χ3n) is 2.19. The van der Waals surface area contributed by atoms with Gasteiger partial charge < -0.3 is 5.32 Å². The van der Waals surface area contributed by atoms with Crippen LogP contribution in [0.3, 0.4) is 0 Å². The lowest BCUT2D eigenvalue weighted by molar-refractivity contribution is 0.614. The molecule has 5 heteroatoms. The van der Waals surface area contributed by atoms with Gasteiger partial charge in [-0.25, -0.2) is 14.4 Å². The highest BCUT2D eigenvalue weighted by molar-refractivity contribution is 5.29. The van der Waals surface area contributed by atoms with E-state index in [2.05, 4.69) is 20.3 Å². The van der Waals surface area contributed by atoms with Crippen LogP contribution in [0, 0.1) is 12.7 Å². The number of aromatic nitrogens is 3. The molecule has 2 aromatic heterocycles. The number of rotatable bonds is 3. The van der Waals surface area contributed by atoms with E-state index < -0.39 is 5.82 Å². The first-order chi connectivity index (χ1) is 7.75. The van der Waals surface area contributed by atoms with Gasteiger partial charge in [0.25, 0.3) is 0 Å². The minimum atomic E-state index is -0.439. The molecule has 0 aliphatic rings. The van der Waals surface area contributed by atoms with Gasteiger partial charge in [0.2, 0.25) is 5.95 Å². The summed E-state index contributed by atoms with van der Waals surface area (Å²) in [6, 6.07) is 1.92. The first kappa shape index (κ1) is 10.5. The third kappa shape index (κ3) is 2.50. The van der Waals surface area contributed by atoms with Gasteiger partial charge in [0, 0.05) is 18.9 Å². The maximum absolute atomic E-state index is 12.6. The highest BCUT2D eigenvalue weighted by atomic mass is 19.1. The van der Waals surface area contributed by atoms with Crippen molar-refractivity contribution in [2.45, 2.75) is 13.5 Å². The average molecular weight is 218 g/mol. The molecule has 0 unspecified atom stereocenters. The molecule has 0 fully saturated rings. The second-order valence-corrected chi connectivity index (χ2v) is 3.38. The van der Waals surface area contributed by atoms with Crippen LogP contribution in [-0.4, -0.2) is 15.0 Å².